The van der Waals surface area contributed by atoms with Crippen LogP contribution in [0.15, 0.2) is 12.7 Å². The Morgan fingerprint density at radius 3 is 2.71 bits per heavy atom. The summed E-state index contributed by atoms with van der Waals surface area (Å²) in [5.74, 6) is 0.322. The Kier molecular flexibility index (Phi) is 3.10. The molecule has 0 aromatic carbocycles. The van der Waals surface area contributed by atoms with Gasteiger partial charge in [-0.2, -0.15) is 0 Å². The monoisotopic (exact) mass is 331 g/mol. The van der Waals surface area contributed by atoms with E-state index < -0.39 is 12.2 Å². The molecule has 3 aliphatic carbocycles. The van der Waals surface area contributed by atoms with Gasteiger partial charge in [0.15, 0.2) is 11.5 Å². The number of nitrogens with zero attached hydrogens (tertiary/aromatic N) is 4. The van der Waals surface area contributed by atoms with Gasteiger partial charge in [0, 0.05) is 24.5 Å². The fourth-order valence-corrected chi connectivity index (χ4v) is 4.65. The first-order valence-corrected chi connectivity index (χ1v) is 8.60. The van der Waals surface area contributed by atoms with Gasteiger partial charge >= 0.3 is 0 Å². The molecule has 8 heteroatoms. The van der Waals surface area contributed by atoms with E-state index in [0.29, 0.717) is 17.2 Å². The molecule has 0 unspecified atom stereocenters. The van der Waals surface area contributed by atoms with Gasteiger partial charge in [0.2, 0.25) is 0 Å². The molecule has 0 aliphatic heterocycles. The summed E-state index contributed by atoms with van der Waals surface area (Å²) < 4.78 is 1.88. The first-order valence-electron chi connectivity index (χ1n) is 8.60. The van der Waals surface area contributed by atoms with E-state index in [-0.39, 0.29) is 30.4 Å². The summed E-state index contributed by atoms with van der Waals surface area (Å²) in [4.78, 5) is 13.1. The summed E-state index contributed by atoms with van der Waals surface area (Å²) in [5, 5.41) is 34.0. The van der Waals surface area contributed by atoms with Gasteiger partial charge in [-0.3, -0.25) is 0 Å². The van der Waals surface area contributed by atoms with Crippen LogP contribution in [0.2, 0.25) is 0 Å². The van der Waals surface area contributed by atoms with Gasteiger partial charge in [0.25, 0.3) is 0 Å². The van der Waals surface area contributed by atoms with E-state index in [1.165, 1.54) is 6.33 Å². The number of nitrogens with one attached hydrogen (secondary N) is 1. The second kappa shape index (κ2) is 5.11. The molecule has 6 atom stereocenters. The Morgan fingerprint density at radius 1 is 1.12 bits per heavy atom. The average Bonchev–Trinajstić information content (AvgIpc) is 3.06. The summed E-state index contributed by atoms with van der Waals surface area (Å²) in [7, 11) is 0. The van der Waals surface area contributed by atoms with E-state index in [1.54, 1.807) is 6.33 Å². The van der Waals surface area contributed by atoms with Crippen molar-refractivity contribution in [1.29, 1.82) is 0 Å². The largest absolute Gasteiger partial charge is 0.396 e. The lowest BCUT2D eigenvalue weighted by molar-refractivity contribution is -0.0524. The summed E-state index contributed by atoms with van der Waals surface area (Å²) in [6, 6.07) is 0.204. The lowest BCUT2D eigenvalue weighted by Gasteiger charge is -2.36. The van der Waals surface area contributed by atoms with E-state index in [0.717, 1.165) is 25.1 Å². The normalized spacial score (nSPS) is 38.1. The molecule has 8 nitrogen and oxygen atoms in total. The number of fused-ring (bicyclic) bond motifs is 3. The Morgan fingerprint density at radius 2 is 1.96 bits per heavy atom. The maximum atomic E-state index is 10.7. The maximum absolute atomic E-state index is 10.7. The number of rotatable bonds is 4. The number of aromatic nitrogens is 4. The lowest BCUT2D eigenvalue weighted by Crippen LogP contribution is -2.43. The summed E-state index contributed by atoms with van der Waals surface area (Å²) >= 11 is 0. The third kappa shape index (κ3) is 1.93. The minimum atomic E-state index is -0.609. The molecular formula is C16H21N5O3. The van der Waals surface area contributed by atoms with Gasteiger partial charge in [-0.15, -0.1) is 0 Å². The molecule has 2 aromatic heterocycles. The van der Waals surface area contributed by atoms with Crippen LogP contribution >= 0.6 is 0 Å². The van der Waals surface area contributed by atoms with Crippen LogP contribution in [0.3, 0.4) is 0 Å². The molecule has 0 spiro atoms. The number of hydrogen-bond donors (Lipinski definition) is 4. The van der Waals surface area contributed by atoms with Crippen LogP contribution in [0.1, 0.15) is 25.3 Å². The van der Waals surface area contributed by atoms with E-state index in [4.69, 9.17) is 0 Å². The number of imidazole rings is 1. The Bertz CT molecular complexity index is 776. The van der Waals surface area contributed by atoms with Crippen molar-refractivity contribution >= 4 is 17.0 Å². The van der Waals surface area contributed by atoms with Crippen LogP contribution < -0.4 is 5.32 Å². The van der Waals surface area contributed by atoms with Crippen molar-refractivity contribution in [3.05, 3.63) is 12.7 Å². The van der Waals surface area contributed by atoms with Crippen molar-refractivity contribution in [1.82, 2.24) is 19.5 Å². The Hall–Kier alpha value is -1.77. The van der Waals surface area contributed by atoms with Crippen LogP contribution in [0.25, 0.3) is 11.2 Å². The van der Waals surface area contributed by atoms with Crippen LogP contribution in [0.4, 0.5) is 5.82 Å². The number of aliphatic hydroxyl groups is 3. The molecule has 128 valence electrons. The quantitative estimate of drug-likeness (QED) is 0.619. The zero-order valence-electron chi connectivity index (χ0n) is 13.2. The van der Waals surface area contributed by atoms with Crippen molar-refractivity contribution in [3.63, 3.8) is 0 Å². The molecular weight excluding hydrogens is 310 g/mol. The maximum Gasteiger partial charge on any atom is 0.165 e. The number of hydrogen-bond acceptors (Lipinski definition) is 7. The molecule has 2 bridgehead atoms. The number of aliphatic hydroxyl groups excluding tert-OH is 3. The van der Waals surface area contributed by atoms with E-state index in [1.807, 2.05) is 4.57 Å². The molecule has 3 saturated carbocycles. The smallest absolute Gasteiger partial charge is 0.165 e. The second-order valence-corrected chi connectivity index (χ2v) is 7.35. The molecule has 0 saturated heterocycles. The van der Waals surface area contributed by atoms with Gasteiger partial charge in [0.1, 0.15) is 11.8 Å². The zero-order valence-corrected chi connectivity index (χ0v) is 13.2. The van der Waals surface area contributed by atoms with Crippen LogP contribution in [-0.4, -0.2) is 59.7 Å². The Balaban J connectivity index is 1.53. The Labute approximate surface area is 138 Å². The summed E-state index contributed by atoms with van der Waals surface area (Å²) in [6.07, 6.45) is 5.00. The van der Waals surface area contributed by atoms with E-state index >= 15 is 0 Å². The molecule has 3 aliphatic rings. The SMILES string of the molecule is OC[C@H]1[C@H](O)[C@@H]2C[C@H]1[C@@H](O)[C@@H]2n1cnc2c(NC3CC3)ncnc21. The first kappa shape index (κ1) is 14.6. The highest BCUT2D eigenvalue weighted by atomic mass is 16.3. The minimum Gasteiger partial charge on any atom is -0.396 e. The van der Waals surface area contributed by atoms with Gasteiger partial charge < -0.3 is 25.2 Å². The highest BCUT2D eigenvalue weighted by molar-refractivity contribution is 5.83. The minimum absolute atomic E-state index is 0.0802. The van der Waals surface area contributed by atoms with Crippen molar-refractivity contribution in [2.24, 2.45) is 17.8 Å². The second-order valence-electron chi connectivity index (χ2n) is 7.35. The van der Waals surface area contributed by atoms with E-state index in [9.17, 15) is 15.3 Å². The molecule has 2 heterocycles. The third-order valence-corrected chi connectivity index (χ3v) is 6.01. The zero-order chi connectivity index (χ0) is 16.4. The van der Waals surface area contributed by atoms with Crippen molar-refractivity contribution in [3.8, 4) is 0 Å². The summed E-state index contributed by atoms with van der Waals surface area (Å²) in [6.45, 7) is -0.0889. The van der Waals surface area contributed by atoms with Crippen LogP contribution in [-0.2, 0) is 0 Å². The predicted molar refractivity (Wildman–Crippen MR) is 85.2 cm³/mol. The standard InChI is InChI=1S/C16H21N5O3/c22-4-10-8-3-9(13(10)23)12(14(8)24)21-6-19-11-15(20-7-1-2-7)17-5-18-16(11)21/h5-10,12-14,22-24H,1-4H2,(H,17,18,20)/t8-,9-,10-,12-,13-,14-/m1/s1. The van der Waals surface area contributed by atoms with Crippen molar-refractivity contribution in [2.75, 3.05) is 11.9 Å². The fraction of sp³-hybridized carbons (Fsp3) is 0.688. The predicted octanol–water partition coefficient (Wildman–Crippen LogP) is -0.0783. The number of anilines is 1. The molecule has 0 radical (unpaired) electrons. The topological polar surface area (TPSA) is 116 Å². The lowest BCUT2D eigenvalue weighted by atomic mass is 9.82. The highest BCUT2D eigenvalue weighted by Gasteiger charge is 2.58. The molecule has 5 rings (SSSR count). The average molecular weight is 331 g/mol. The van der Waals surface area contributed by atoms with E-state index in [2.05, 4.69) is 20.3 Å². The highest BCUT2D eigenvalue weighted by Crippen LogP contribution is 2.54. The van der Waals surface area contributed by atoms with Crippen molar-refractivity contribution < 1.29 is 15.3 Å². The van der Waals surface area contributed by atoms with Crippen molar-refractivity contribution in [2.45, 2.75) is 43.6 Å². The van der Waals surface area contributed by atoms with Gasteiger partial charge in [0.05, 0.1) is 24.6 Å². The van der Waals surface area contributed by atoms with Gasteiger partial charge in [-0.25, -0.2) is 15.0 Å². The molecule has 0 amide bonds. The summed E-state index contributed by atoms with van der Waals surface area (Å²) in [5.41, 5.74) is 1.38. The fourth-order valence-electron chi connectivity index (χ4n) is 4.65. The van der Waals surface area contributed by atoms with Gasteiger partial charge in [-0.1, -0.05) is 0 Å². The molecule has 24 heavy (non-hydrogen) atoms. The molecule has 4 N–H and O–H groups in total. The molecule has 3 fully saturated rings. The van der Waals surface area contributed by atoms with Crippen LogP contribution in [0, 0.1) is 17.8 Å². The van der Waals surface area contributed by atoms with Crippen LogP contribution in [0.5, 0.6) is 0 Å². The first-order chi connectivity index (χ1) is 11.7. The molecule has 2 aromatic rings. The van der Waals surface area contributed by atoms with Gasteiger partial charge in [-0.05, 0) is 25.2 Å². The third-order valence-electron chi connectivity index (χ3n) is 6.01.